The first kappa shape index (κ1) is 18.3. The molecular weight excluding hydrogens is 352 g/mol. The van der Waals surface area contributed by atoms with Gasteiger partial charge < -0.3 is 0 Å². The van der Waals surface area contributed by atoms with Crippen molar-refractivity contribution in [3.8, 4) is 5.69 Å². The first-order valence-corrected chi connectivity index (χ1v) is 7.34. The molecule has 0 amide bonds. The van der Waals surface area contributed by atoms with Crippen LogP contribution >= 0.6 is 11.6 Å². The van der Waals surface area contributed by atoms with E-state index in [1.807, 2.05) is 6.92 Å². The largest absolute Gasteiger partial charge is 0.431 e. The molecule has 2 rings (SSSR count). The standard InChI is InChI=1S/C15H13ClF4N2O2/c1-3-4-8-5-11(10(17)6-9(8)16)22-13(23)7-12(15(18,19)20)21(2)14(22)24/h5-7H,3-4H2,1-2H3. The lowest BCUT2D eigenvalue weighted by Gasteiger charge is -2.15. The van der Waals surface area contributed by atoms with Gasteiger partial charge in [0.1, 0.15) is 11.5 Å². The molecule has 9 heteroatoms. The molecule has 0 saturated carbocycles. The van der Waals surface area contributed by atoms with Crippen LogP contribution in [0.4, 0.5) is 17.6 Å². The van der Waals surface area contributed by atoms with Gasteiger partial charge in [0.05, 0.1) is 5.69 Å². The summed E-state index contributed by atoms with van der Waals surface area (Å²) in [5, 5.41) is 0.120. The fourth-order valence-electron chi connectivity index (χ4n) is 2.33. The van der Waals surface area contributed by atoms with E-state index in [0.29, 0.717) is 23.0 Å². The molecule has 0 unspecified atom stereocenters. The molecule has 4 nitrogen and oxygen atoms in total. The van der Waals surface area contributed by atoms with Crippen LogP contribution in [0.3, 0.4) is 0 Å². The van der Waals surface area contributed by atoms with Gasteiger partial charge >= 0.3 is 11.9 Å². The van der Waals surface area contributed by atoms with Crippen molar-refractivity contribution < 1.29 is 17.6 Å². The van der Waals surface area contributed by atoms with Crippen molar-refractivity contribution >= 4 is 11.6 Å². The van der Waals surface area contributed by atoms with Crippen molar-refractivity contribution in [2.75, 3.05) is 0 Å². The van der Waals surface area contributed by atoms with Crippen LogP contribution in [0.2, 0.25) is 5.02 Å². The molecule has 0 N–H and O–H groups in total. The summed E-state index contributed by atoms with van der Waals surface area (Å²) in [5.41, 5.74) is -3.91. The minimum Gasteiger partial charge on any atom is -0.292 e. The van der Waals surface area contributed by atoms with Crippen LogP contribution in [-0.4, -0.2) is 9.13 Å². The highest BCUT2D eigenvalue weighted by Gasteiger charge is 2.35. The van der Waals surface area contributed by atoms with Crippen molar-refractivity contribution in [3.63, 3.8) is 0 Å². The Labute approximate surface area is 138 Å². The third kappa shape index (κ3) is 3.24. The lowest BCUT2D eigenvalue weighted by atomic mass is 10.1. The second-order valence-corrected chi connectivity index (χ2v) is 5.59. The van der Waals surface area contributed by atoms with Gasteiger partial charge in [0, 0.05) is 18.1 Å². The van der Waals surface area contributed by atoms with E-state index in [0.717, 1.165) is 13.1 Å². The smallest absolute Gasteiger partial charge is 0.292 e. The highest BCUT2D eigenvalue weighted by molar-refractivity contribution is 6.31. The van der Waals surface area contributed by atoms with E-state index < -0.39 is 34.6 Å². The van der Waals surface area contributed by atoms with E-state index in [1.165, 1.54) is 6.07 Å². The van der Waals surface area contributed by atoms with Gasteiger partial charge in [-0.3, -0.25) is 9.36 Å². The second kappa shape index (κ2) is 6.43. The van der Waals surface area contributed by atoms with Gasteiger partial charge in [-0.15, -0.1) is 0 Å². The summed E-state index contributed by atoms with van der Waals surface area (Å²) in [6.07, 6.45) is -3.75. The highest BCUT2D eigenvalue weighted by atomic mass is 35.5. The van der Waals surface area contributed by atoms with E-state index >= 15 is 0 Å². The summed E-state index contributed by atoms with van der Waals surface area (Å²) in [6.45, 7) is 1.85. The summed E-state index contributed by atoms with van der Waals surface area (Å²) in [4.78, 5) is 24.2. The van der Waals surface area contributed by atoms with Crippen molar-refractivity contribution in [2.45, 2.75) is 25.9 Å². The molecule has 0 bridgehead atoms. The Morgan fingerprint density at radius 1 is 1.17 bits per heavy atom. The Morgan fingerprint density at radius 3 is 2.33 bits per heavy atom. The van der Waals surface area contributed by atoms with Crippen molar-refractivity contribution in [3.05, 3.63) is 61.1 Å². The minimum absolute atomic E-state index is 0.120. The molecule has 0 fully saturated rings. The van der Waals surface area contributed by atoms with Crippen LogP contribution in [0.25, 0.3) is 5.69 Å². The SMILES string of the molecule is CCCc1cc(-n2c(=O)cc(C(F)(F)F)n(C)c2=O)c(F)cc1Cl. The van der Waals surface area contributed by atoms with E-state index in [4.69, 9.17) is 11.6 Å². The highest BCUT2D eigenvalue weighted by Crippen LogP contribution is 2.27. The Hall–Kier alpha value is -2.09. The lowest BCUT2D eigenvalue weighted by Crippen LogP contribution is -2.41. The molecule has 1 aromatic carbocycles. The third-order valence-corrected chi connectivity index (χ3v) is 3.84. The summed E-state index contributed by atoms with van der Waals surface area (Å²) >= 11 is 5.90. The van der Waals surface area contributed by atoms with Gasteiger partial charge in [-0.25, -0.2) is 13.8 Å². The van der Waals surface area contributed by atoms with E-state index in [2.05, 4.69) is 0 Å². The van der Waals surface area contributed by atoms with Gasteiger partial charge in [-0.1, -0.05) is 24.9 Å². The normalized spacial score (nSPS) is 11.8. The number of alkyl halides is 3. The molecule has 1 heterocycles. The first-order chi connectivity index (χ1) is 11.1. The maximum absolute atomic E-state index is 14.2. The summed E-state index contributed by atoms with van der Waals surface area (Å²) in [7, 11) is 0.863. The molecule has 130 valence electrons. The number of nitrogens with zero attached hydrogens (tertiary/aromatic N) is 2. The second-order valence-electron chi connectivity index (χ2n) is 5.19. The first-order valence-electron chi connectivity index (χ1n) is 6.96. The molecule has 0 aliphatic heterocycles. The molecule has 0 saturated heterocycles. The van der Waals surface area contributed by atoms with Crippen molar-refractivity contribution in [1.82, 2.24) is 9.13 Å². The van der Waals surface area contributed by atoms with Crippen LogP contribution < -0.4 is 11.2 Å². The zero-order valence-electron chi connectivity index (χ0n) is 12.7. The Kier molecular flexibility index (Phi) is 4.89. The van der Waals surface area contributed by atoms with E-state index in [9.17, 15) is 27.2 Å². The monoisotopic (exact) mass is 364 g/mol. The molecule has 0 spiro atoms. The number of rotatable bonds is 3. The van der Waals surface area contributed by atoms with Crippen molar-refractivity contribution in [1.29, 1.82) is 0 Å². The Balaban J connectivity index is 2.80. The number of hydrogen-bond acceptors (Lipinski definition) is 2. The van der Waals surface area contributed by atoms with Crippen LogP contribution in [-0.2, 0) is 19.6 Å². The molecule has 1 aromatic heterocycles. The predicted molar refractivity (Wildman–Crippen MR) is 81.2 cm³/mol. The van der Waals surface area contributed by atoms with Gasteiger partial charge in [-0.2, -0.15) is 13.2 Å². The average Bonchev–Trinajstić information content (AvgIpc) is 2.46. The van der Waals surface area contributed by atoms with Crippen LogP contribution in [0.5, 0.6) is 0 Å². The number of hydrogen-bond donors (Lipinski definition) is 0. The molecule has 24 heavy (non-hydrogen) atoms. The summed E-state index contributed by atoms with van der Waals surface area (Å²) < 4.78 is 53.3. The maximum Gasteiger partial charge on any atom is 0.431 e. The fraction of sp³-hybridized carbons (Fsp3) is 0.333. The van der Waals surface area contributed by atoms with Crippen LogP contribution in [0.15, 0.2) is 27.8 Å². The number of aryl methyl sites for hydroxylation is 1. The molecule has 0 radical (unpaired) electrons. The average molecular weight is 365 g/mol. The van der Waals surface area contributed by atoms with Crippen LogP contribution in [0.1, 0.15) is 24.6 Å². The lowest BCUT2D eigenvalue weighted by molar-refractivity contribution is -0.144. The summed E-state index contributed by atoms with van der Waals surface area (Å²) in [5.74, 6) is -0.973. The topological polar surface area (TPSA) is 44.0 Å². The third-order valence-electron chi connectivity index (χ3n) is 3.49. The van der Waals surface area contributed by atoms with Crippen LogP contribution in [0, 0.1) is 5.82 Å². The van der Waals surface area contributed by atoms with Crippen molar-refractivity contribution in [2.24, 2.45) is 7.05 Å². The molecular formula is C15H13ClF4N2O2. The maximum atomic E-state index is 14.2. The quantitative estimate of drug-likeness (QED) is 0.784. The van der Waals surface area contributed by atoms with E-state index in [-0.39, 0.29) is 15.7 Å². The molecule has 0 aliphatic rings. The number of halogens is 5. The molecule has 2 aromatic rings. The Morgan fingerprint density at radius 2 is 1.79 bits per heavy atom. The Bertz CT molecular complexity index is 900. The fourth-order valence-corrected chi connectivity index (χ4v) is 2.58. The zero-order chi connectivity index (χ0) is 18.2. The number of benzene rings is 1. The minimum atomic E-state index is -4.88. The predicted octanol–water partition coefficient (Wildman–Crippen LogP) is 3.30. The summed E-state index contributed by atoms with van der Waals surface area (Å²) in [6, 6.07) is 2.40. The van der Waals surface area contributed by atoms with E-state index in [1.54, 1.807) is 0 Å². The van der Waals surface area contributed by atoms with Gasteiger partial charge in [0.2, 0.25) is 0 Å². The zero-order valence-corrected chi connectivity index (χ0v) is 13.5. The number of aromatic nitrogens is 2. The van der Waals surface area contributed by atoms with Gasteiger partial charge in [0.25, 0.3) is 5.56 Å². The van der Waals surface area contributed by atoms with Gasteiger partial charge in [-0.05, 0) is 24.1 Å². The molecule has 0 aliphatic carbocycles. The van der Waals surface area contributed by atoms with Gasteiger partial charge in [0.15, 0.2) is 0 Å². The molecule has 0 atom stereocenters.